The van der Waals surface area contributed by atoms with Crippen LogP contribution in [0.2, 0.25) is 20.9 Å². The molecule has 0 saturated carbocycles. The summed E-state index contributed by atoms with van der Waals surface area (Å²) in [5.74, 6) is -3.57. The van der Waals surface area contributed by atoms with Gasteiger partial charge in [0.05, 0.1) is 0 Å². The van der Waals surface area contributed by atoms with Gasteiger partial charge in [-0.15, -0.1) is 10.0 Å². The molecule has 50 heavy (non-hydrogen) atoms. The van der Waals surface area contributed by atoms with Gasteiger partial charge in [0.2, 0.25) is 28.0 Å². The minimum Gasteiger partial charge on any atom is -0.443 e. The molecule has 280 valence electrons. The summed E-state index contributed by atoms with van der Waals surface area (Å²) < 4.78 is 48.9. The van der Waals surface area contributed by atoms with Gasteiger partial charge >= 0.3 is 24.4 Å². The van der Waals surface area contributed by atoms with Crippen molar-refractivity contribution in [1.29, 1.82) is 0 Å². The first-order chi connectivity index (χ1) is 22.4. The first kappa shape index (κ1) is 44.3. The van der Waals surface area contributed by atoms with Crippen LogP contribution in [0.5, 0.6) is 0 Å². The van der Waals surface area contributed by atoms with E-state index in [1.54, 1.807) is 20.8 Å². The smallest absolute Gasteiger partial charge is 0.440 e. The highest BCUT2D eigenvalue weighted by Crippen LogP contribution is 2.29. The Bertz CT molecular complexity index is 1550. The first-order valence-corrected chi connectivity index (χ1v) is 15.7. The fourth-order valence-electron chi connectivity index (χ4n) is 2.83. The van der Waals surface area contributed by atoms with Crippen molar-refractivity contribution >= 4 is 82.4 Å². The van der Waals surface area contributed by atoms with Gasteiger partial charge in [-0.3, -0.25) is 5.43 Å². The van der Waals surface area contributed by atoms with E-state index >= 15 is 0 Å². The lowest BCUT2D eigenvalue weighted by atomic mass is 10.2. The fraction of sp³-hybridized carbons (Fsp3) is 0.571. The molecule has 2 rings (SSSR count). The van der Waals surface area contributed by atoms with Crippen LogP contribution in [0.25, 0.3) is 0 Å². The molecule has 0 fully saturated rings. The largest absolute Gasteiger partial charge is 0.443 e. The van der Waals surface area contributed by atoms with Gasteiger partial charge in [0, 0.05) is 0 Å². The second kappa shape index (κ2) is 17.0. The van der Waals surface area contributed by atoms with Gasteiger partial charge in [-0.25, -0.2) is 34.6 Å². The number of hydrogen-bond acceptors (Lipinski definition) is 13. The van der Waals surface area contributed by atoms with Crippen molar-refractivity contribution < 1.29 is 46.9 Å². The first-order valence-electron chi connectivity index (χ1n) is 14.2. The van der Waals surface area contributed by atoms with Crippen molar-refractivity contribution in [1.82, 2.24) is 30.4 Å². The average Bonchev–Trinajstić information content (AvgIpc) is 2.86. The maximum atomic E-state index is 14.9. The van der Waals surface area contributed by atoms with Gasteiger partial charge in [0.1, 0.15) is 22.4 Å². The number of rotatable bonds is 3. The third-order valence-corrected chi connectivity index (χ3v) is 5.17. The molecular weight excluding hydrogens is 756 g/mol. The lowest BCUT2D eigenvalue weighted by Gasteiger charge is -2.35. The molecule has 0 bridgehead atoms. The number of carbonyl (C=O) groups excluding carboxylic acids is 4. The van der Waals surface area contributed by atoms with E-state index in [4.69, 9.17) is 65.4 Å². The molecule has 0 saturated heterocycles. The van der Waals surface area contributed by atoms with Crippen LogP contribution in [0.3, 0.4) is 0 Å². The number of imide groups is 1. The van der Waals surface area contributed by atoms with E-state index in [2.05, 4.69) is 30.8 Å². The maximum absolute atomic E-state index is 14.9. The number of aromatic nitrogens is 4. The van der Waals surface area contributed by atoms with Gasteiger partial charge < -0.3 is 18.9 Å². The number of nitrogens with one attached hydrogen (secondary N) is 2. The van der Waals surface area contributed by atoms with Crippen molar-refractivity contribution in [2.24, 2.45) is 0 Å². The van der Waals surface area contributed by atoms with Crippen LogP contribution >= 0.6 is 46.4 Å². The third-order valence-electron chi connectivity index (χ3n) is 4.33. The van der Waals surface area contributed by atoms with Crippen molar-refractivity contribution in [3.63, 3.8) is 0 Å². The highest BCUT2D eigenvalue weighted by Gasteiger charge is 2.43. The summed E-state index contributed by atoms with van der Waals surface area (Å²) in [5.41, 5.74) is 0.301. The molecule has 16 nitrogen and oxygen atoms in total. The monoisotopic (exact) mass is 792 g/mol. The van der Waals surface area contributed by atoms with Crippen LogP contribution < -0.4 is 15.9 Å². The zero-order chi connectivity index (χ0) is 39.2. The standard InChI is InChI=1S/C19H27Cl2FN4O6.C9H11Cl2FN4O2/c1-17(2,3)30-14(27)25(12-10(22)11(20)23-13(21)24-12)26(15(28)31-18(4,5)6)16(29)32-19(7,8)9;1-9(2,3)18-8(17)16-15-6-4(12)5(10)13-7(11)14-6/h1-9H3;1-3H3,(H,16,17)(H,13,14,15). The summed E-state index contributed by atoms with van der Waals surface area (Å²) in [6.45, 7) is 18.8. The van der Waals surface area contributed by atoms with Gasteiger partial charge in [-0.05, 0) is 106 Å². The van der Waals surface area contributed by atoms with E-state index in [1.165, 1.54) is 62.3 Å². The lowest BCUT2D eigenvalue weighted by Crippen LogP contribution is -2.57. The second-order valence-electron chi connectivity index (χ2n) is 13.7. The molecule has 0 aliphatic carbocycles. The number of ether oxygens (including phenoxy) is 4. The fourth-order valence-corrected chi connectivity index (χ4v) is 3.59. The molecule has 0 unspecified atom stereocenters. The number of anilines is 2. The molecule has 0 spiro atoms. The average molecular weight is 794 g/mol. The number of hydrogen-bond donors (Lipinski definition) is 2. The van der Waals surface area contributed by atoms with E-state index in [1.807, 2.05) is 0 Å². The quantitative estimate of drug-likeness (QED) is 0.130. The summed E-state index contributed by atoms with van der Waals surface area (Å²) in [6.07, 6.45) is -4.91. The Labute approximate surface area is 307 Å². The Morgan fingerprint density at radius 3 is 1.38 bits per heavy atom. The molecule has 2 heterocycles. The van der Waals surface area contributed by atoms with E-state index in [-0.39, 0.29) is 21.1 Å². The number of halogens is 6. The Balaban J connectivity index is 0.000000585. The highest BCUT2D eigenvalue weighted by atomic mass is 35.5. The molecule has 2 aromatic heterocycles. The lowest BCUT2D eigenvalue weighted by molar-refractivity contribution is -0.00707. The third kappa shape index (κ3) is 15.4. The molecular formula is C28H38Cl4F2N8O8. The summed E-state index contributed by atoms with van der Waals surface area (Å²) in [6, 6.07) is 0. The summed E-state index contributed by atoms with van der Waals surface area (Å²) in [7, 11) is 0. The molecule has 4 amide bonds. The van der Waals surface area contributed by atoms with Crippen LogP contribution in [0.1, 0.15) is 83.1 Å². The van der Waals surface area contributed by atoms with Crippen LogP contribution in [0, 0.1) is 11.6 Å². The maximum Gasteiger partial charge on any atom is 0.440 e. The minimum absolute atomic E-state index is 0.114. The van der Waals surface area contributed by atoms with E-state index in [9.17, 15) is 28.0 Å². The van der Waals surface area contributed by atoms with Crippen molar-refractivity contribution in [3.8, 4) is 0 Å². The predicted molar refractivity (Wildman–Crippen MR) is 180 cm³/mol. The van der Waals surface area contributed by atoms with Crippen LogP contribution in [-0.4, -0.2) is 71.7 Å². The minimum atomic E-state index is -1.37. The molecule has 22 heteroatoms. The van der Waals surface area contributed by atoms with Gasteiger partial charge in [0.15, 0.2) is 16.1 Å². The molecule has 2 N–H and O–H groups in total. The normalized spacial score (nSPS) is 11.7. The van der Waals surface area contributed by atoms with Crippen molar-refractivity contribution in [2.45, 2.75) is 105 Å². The van der Waals surface area contributed by atoms with Gasteiger partial charge in [-0.2, -0.15) is 18.7 Å². The van der Waals surface area contributed by atoms with Crippen LogP contribution in [-0.2, 0) is 18.9 Å². The van der Waals surface area contributed by atoms with Crippen LogP contribution in [0.4, 0.5) is 39.6 Å². The Kier molecular flexibility index (Phi) is 15.0. The van der Waals surface area contributed by atoms with Crippen molar-refractivity contribution in [2.75, 3.05) is 10.4 Å². The SMILES string of the molecule is CC(C)(C)OC(=O)N(C(=O)OC(C)(C)C)N(C(=O)OC(C)(C)C)c1nc(Cl)nc(Cl)c1F.CC(C)(C)OC(=O)NNc1nc(Cl)nc(Cl)c1F. The summed E-state index contributed by atoms with van der Waals surface area (Å²) >= 11 is 22.4. The molecule has 0 aromatic carbocycles. The predicted octanol–water partition coefficient (Wildman–Crippen LogP) is 8.53. The van der Waals surface area contributed by atoms with E-state index < -0.39 is 79.8 Å². The number of amides is 4. The Morgan fingerprint density at radius 1 is 0.580 bits per heavy atom. The number of hydrazine groups is 2. The van der Waals surface area contributed by atoms with Crippen molar-refractivity contribution in [3.05, 3.63) is 32.5 Å². The second-order valence-corrected chi connectivity index (χ2v) is 15.1. The Morgan fingerprint density at radius 2 is 0.960 bits per heavy atom. The molecule has 0 atom stereocenters. The van der Waals surface area contributed by atoms with E-state index in [0.29, 0.717) is 0 Å². The van der Waals surface area contributed by atoms with E-state index in [0.717, 1.165) is 0 Å². The van der Waals surface area contributed by atoms with Gasteiger partial charge in [-0.1, -0.05) is 23.2 Å². The number of carbonyl (C=O) groups is 4. The molecule has 2 aromatic rings. The summed E-state index contributed by atoms with van der Waals surface area (Å²) in [4.78, 5) is 64.2. The van der Waals surface area contributed by atoms with Gasteiger partial charge in [0.25, 0.3) is 0 Å². The highest BCUT2D eigenvalue weighted by molar-refractivity contribution is 6.32. The molecule has 0 aliphatic rings. The zero-order valence-corrected chi connectivity index (χ0v) is 32.2. The Hall–Kier alpha value is -3.74. The van der Waals surface area contributed by atoms with Crippen LogP contribution in [0.15, 0.2) is 0 Å². The zero-order valence-electron chi connectivity index (χ0n) is 29.2. The molecule has 0 aliphatic heterocycles. The molecule has 0 radical (unpaired) electrons. The topological polar surface area (TPSA) is 187 Å². The summed E-state index contributed by atoms with van der Waals surface area (Å²) in [5, 5.41) is -1.72. The number of nitrogens with zero attached hydrogens (tertiary/aromatic N) is 6.